The molecule has 0 aliphatic heterocycles. The van der Waals surface area contributed by atoms with Gasteiger partial charge in [-0.05, 0) is 74.7 Å². The molecule has 40 heavy (non-hydrogen) atoms. The van der Waals surface area contributed by atoms with Crippen molar-refractivity contribution < 1.29 is 18.0 Å². The minimum atomic E-state index is -4.20. The second-order valence-corrected chi connectivity index (χ2v) is 12.4. The second-order valence-electron chi connectivity index (χ2n) is 9.70. The van der Waals surface area contributed by atoms with Crippen molar-refractivity contribution in [3.05, 3.63) is 94.0 Å². The van der Waals surface area contributed by atoms with E-state index >= 15 is 0 Å². The Morgan fingerprint density at radius 1 is 0.900 bits per heavy atom. The van der Waals surface area contributed by atoms with E-state index in [4.69, 9.17) is 23.2 Å². The van der Waals surface area contributed by atoms with Crippen molar-refractivity contribution in [3.63, 3.8) is 0 Å². The van der Waals surface area contributed by atoms with Gasteiger partial charge in [0.15, 0.2) is 0 Å². The quantitative estimate of drug-likeness (QED) is 0.266. The molecule has 3 aromatic carbocycles. The summed E-state index contributed by atoms with van der Waals surface area (Å²) in [7, 11) is -4.20. The predicted molar refractivity (Wildman–Crippen MR) is 161 cm³/mol. The molecule has 3 aromatic rings. The van der Waals surface area contributed by atoms with E-state index in [1.165, 1.54) is 35.2 Å². The number of rotatable bonds is 12. The number of nitrogens with one attached hydrogen (secondary N) is 1. The third-order valence-corrected chi connectivity index (χ3v) is 8.87. The van der Waals surface area contributed by atoms with Gasteiger partial charge in [-0.15, -0.1) is 0 Å². The molecule has 0 spiro atoms. The molecular weight excluding hydrogens is 569 g/mol. The first-order valence-electron chi connectivity index (χ1n) is 13.2. The summed E-state index contributed by atoms with van der Waals surface area (Å²) >= 11 is 12.2. The SMILES string of the molecule is CC[C@H](C(=O)N[C@@H](C)CC)N(Cc1cccc(C)c1)C(=O)CN(c1cccc(Cl)c1)S(=O)(=O)c1ccc(Cl)cc1. The number of sulfonamides is 1. The largest absolute Gasteiger partial charge is 0.352 e. The van der Waals surface area contributed by atoms with E-state index in [1.54, 1.807) is 18.2 Å². The molecule has 2 atom stereocenters. The Bertz CT molecular complexity index is 1430. The summed E-state index contributed by atoms with van der Waals surface area (Å²) in [6.45, 7) is 7.24. The molecular formula is C30H35Cl2N3O4S. The van der Waals surface area contributed by atoms with Crippen molar-refractivity contribution in [3.8, 4) is 0 Å². The number of halogens is 2. The summed E-state index contributed by atoms with van der Waals surface area (Å²) < 4.78 is 28.7. The lowest BCUT2D eigenvalue weighted by molar-refractivity contribution is -0.140. The van der Waals surface area contributed by atoms with Gasteiger partial charge >= 0.3 is 0 Å². The van der Waals surface area contributed by atoms with E-state index in [0.717, 1.165) is 21.9 Å². The van der Waals surface area contributed by atoms with Gasteiger partial charge in [-0.2, -0.15) is 0 Å². The molecule has 0 saturated carbocycles. The number of benzene rings is 3. The highest BCUT2D eigenvalue weighted by atomic mass is 35.5. The van der Waals surface area contributed by atoms with Crippen LogP contribution in [0.1, 0.15) is 44.7 Å². The van der Waals surface area contributed by atoms with Gasteiger partial charge in [-0.3, -0.25) is 13.9 Å². The summed E-state index contributed by atoms with van der Waals surface area (Å²) in [5.74, 6) is -0.808. The summed E-state index contributed by atoms with van der Waals surface area (Å²) in [4.78, 5) is 28.8. The van der Waals surface area contributed by atoms with Gasteiger partial charge < -0.3 is 10.2 Å². The number of nitrogens with zero attached hydrogens (tertiary/aromatic N) is 2. The Morgan fingerprint density at radius 2 is 1.57 bits per heavy atom. The number of carbonyl (C=O) groups is 2. The van der Waals surface area contributed by atoms with Crippen LogP contribution in [0.2, 0.25) is 10.0 Å². The van der Waals surface area contributed by atoms with Crippen LogP contribution in [0.15, 0.2) is 77.7 Å². The first kappa shape index (κ1) is 31.5. The van der Waals surface area contributed by atoms with Gasteiger partial charge in [-0.1, -0.05) is 72.9 Å². The molecule has 0 aliphatic carbocycles. The molecule has 0 unspecified atom stereocenters. The molecule has 214 valence electrons. The Labute approximate surface area is 247 Å². The summed E-state index contributed by atoms with van der Waals surface area (Å²) in [6.07, 6.45) is 1.08. The third-order valence-electron chi connectivity index (χ3n) is 6.60. The highest BCUT2D eigenvalue weighted by Gasteiger charge is 2.34. The maximum atomic E-state index is 14.1. The van der Waals surface area contributed by atoms with E-state index in [1.807, 2.05) is 52.0 Å². The molecule has 0 aromatic heterocycles. The standard InChI is InChI=1S/C30H35Cl2N3O4S/c1-5-22(4)33-30(37)28(6-2)34(19-23-10-7-9-21(3)17-23)29(36)20-35(26-12-8-11-25(32)18-26)40(38,39)27-15-13-24(31)14-16-27/h7-18,22,28H,5-6,19-20H2,1-4H3,(H,33,37)/t22-,28+/m0/s1. The topological polar surface area (TPSA) is 86.8 Å². The minimum absolute atomic E-state index is 0.0311. The number of aryl methyl sites for hydroxylation is 1. The van der Waals surface area contributed by atoms with Gasteiger partial charge in [0.1, 0.15) is 12.6 Å². The Hall–Kier alpha value is -3.07. The maximum absolute atomic E-state index is 14.1. The lowest BCUT2D eigenvalue weighted by Crippen LogP contribution is -2.53. The number of hydrogen-bond donors (Lipinski definition) is 1. The summed E-state index contributed by atoms with van der Waals surface area (Å²) in [5.41, 5.74) is 2.06. The van der Waals surface area contributed by atoms with Crippen molar-refractivity contribution in [2.75, 3.05) is 10.8 Å². The van der Waals surface area contributed by atoms with Crippen LogP contribution in [0, 0.1) is 6.92 Å². The van der Waals surface area contributed by atoms with Crippen molar-refractivity contribution in [1.29, 1.82) is 0 Å². The fourth-order valence-corrected chi connectivity index (χ4v) is 5.98. The number of hydrogen-bond acceptors (Lipinski definition) is 4. The third kappa shape index (κ3) is 7.99. The maximum Gasteiger partial charge on any atom is 0.264 e. The molecule has 0 heterocycles. The molecule has 0 radical (unpaired) electrons. The van der Waals surface area contributed by atoms with Crippen LogP contribution in [-0.4, -0.2) is 43.8 Å². The van der Waals surface area contributed by atoms with Crippen LogP contribution >= 0.6 is 23.2 Å². The van der Waals surface area contributed by atoms with E-state index in [2.05, 4.69) is 5.32 Å². The van der Waals surface area contributed by atoms with Gasteiger partial charge in [0.25, 0.3) is 10.0 Å². The zero-order chi connectivity index (χ0) is 29.4. The fourth-order valence-electron chi connectivity index (χ4n) is 4.26. The molecule has 0 fully saturated rings. The predicted octanol–water partition coefficient (Wildman–Crippen LogP) is 6.22. The fraction of sp³-hybridized carbons (Fsp3) is 0.333. The van der Waals surface area contributed by atoms with E-state index in [9.17, 15) is 18.0 Å². The normalized spacial score (nSPS) is 12.8. The highest BCUT2D eigenvalue weighted by molar-refractivity contribution is 7.92. The number of amides is 2. The van der Waals surface area contributed by atoms with Crippen LogP contribution in [0.25, 0.3) is 0 Å². The Kier molecular flexibility index (Phi) is 11.0. The van der Waals surface area contributed by atoms with Gasteiger partial charge in [-0.25, -0.2) is 8.42 Å². The molecule has 0 aliphatic rings. The molecule has 7 nitrogen and oxygen atoms in total. The van der Waals surface area contributed by atoms with Crippen LogP contribution in [0.3, 0.4) is 0 Å². The zero-order valence-electron chi connectivity index (χ0n) is 23.1. The number of carbonyl (C=O) groups excluding carboxylic acids is 2. The van der Waals surface area contributed by atoms with E-state index in [0.29, 0.717) is 16.5 Å². The lowest BCUT2D eigenvalue weighted by atomic mass is 10.1. The smallest absolute Gasteiger partial charge is 0.264 e. The Morgan fingerprint density at radius 3 is 2.17 bits per heavy atom. The molecule has 2 amide bonds. The lowest BCUT2D eigenvalue weighted by Gasteiger charge is -2.33. The molecule has 1 N–H and O–H groups in total. The second kappa shape index (κ2) is 14.0. The monoisotopic (exact) mass is 603 g/mol. The van der Waals surface area contributed by atoms with E-state index < -0.39 is 28.5 Å². The minimum Gasteiger partial charge on any atom is -0.352 e. The van der Waals surface area contributed by atoms with Gasteiger partial charge in [0, 0.05) is 22.6 Å². The highest BCUT2D eigenvalue weighted by Crippen LogP contribution is 2.27. The van der Waals surface area contributed by atoms with Crippen LogP contribution in [-0.2, 0) is 26.2 Å². The average molecular weight is 605 g/mol. The van der Waals surface area contributed by atoms with Crippen LogP contribution in [0.4, 0.5) is 5.69 Å². The Balaban J connectivity index is 2.06. The summed E-state index contributed by atoms with van der Waals surface area (Å²) in [5, 5.41) is 3.67. The number of anilines is 1. The first-order chi connectivity index (χ1) is 19.0. The molecule has 3 rings (SSSR count). The molecule has 10 heteroatoms. The zero-order valence-corrected chi connectivity index (χ0v) is 25.4. The van der Waals surface area contributed by atoms with E-state index in [-0.39, 0.29) is 29.1 Å². The van der Waals surface area contributed by atoms with Crippen molar-refractivity contribution in [2.45, 2.75) is 64.1 Å². The van der Waals surface area contributed by atoms with Crippen LogP contribution in [0.5, 0.6) is 0 Å². The first-order valence-corrected chi connectivity index (χ1v) is 15.3. The van der Waals surface area contributed by atoms with Crippen molar-refractivity contribution in [1.82, 2.24) is 10.2 Å². The van der Waals surface area contributed by atoms with Crippen molar-refractivity contribution >= 4 is 50.7 Å². The van der Waals surface area contributed by atoms with Crippen molar-refractivity contribution in [2.24, 2.45) is 0 Å². The molecule has 0 bridgehead atoms. The average Bonchev–Trinajstić information content (AvgIpc) is 2.91. The molecule has 0 saturated heterocycles. The van der Waals surface area contributed by atoms with Crippen LogP contribution < -0.4 is 9.62 Å². The summed E-state index contributed by atoms with van der Waals surface area (Å²) in [6, 6.07) is 18.8. The van der Waals surface area contributed by atoms with Gasteiger partial charge in [0.2, 0.25) is 11.8 Å². The van der Waals surface area contributed by atoms with Gasteiger partial charge in [0.05, 0.1) is 10.6 Å².